The van der Waals surface area contributed by atoms with Crippen molar-refractivity contribution in [2.45, 2.75) is 27.2 Å². The Hall–Kier alpha value is -4.34. The van der Waals surface area contributed by atoms with E-state index in [0.717, 1.165) is 39.5 Å². The van der Waals surface area contributed by atoms with E-state index in [1.54, 1.807) is 0 Å². The Morgan fingerprint density at radius 2 is 1.43 bits per heavy atom. The quantitative estimate of drug-likeness (QED) is 0.207. The fourth-order valence-electron chi connectivity index (χ4n) is 6.62. The zero-order valence-corrected chi connectivity index (χ0v) is 23.6. The zero-order valence-electron chi connectivity index (χ0n) is 22.8. The number of fused-ring (bicyclic) bond motifs is 9. The van der Waals surface area contributed by atoms with Crippen LogP contribution in [0.2, 0.25) is 0 Å². The van der Waals surface area contributed by atoms with Gasteiger partial charge in [-0.2, -0.15) is 0 Å². The van der Waals surface area contributed by atoms with Crippen LogP contribution in [0.25, 0.3) is 70.6 Å². The number of thiophene rings is 1. The number of aryl methyl sites for hydroxylation is 1. The van der Waals surface area contributed by atoms with Crippen molar-refractivity contribution in [2.24, 2.45) is 5.92 Å². The molecule has 0 radical (unpaired) electrons. The monoisotopic (exact) mass is 532 g/mol. The molecule has 2 aromatic heterocycles. The van der Waals surface area contributed by atoms with Crippen molar-refractivity contribution in [3.63, 3.8) is 0 Å². The van der Waals surface area contributed by atoms with Crippen molar-refractivity contribution in [1.29, 1.82) is 0 Å². The molecule has 0 N–H and O–H groups in total. The maximum atomic E-state index is 5.24. The van der Waals surface area contributed by atoms with Gasteiger partial charge in [-0.3, -0.25) is 4.98 Å². The van der Waals surface area contributed by atoms with Gasteiger partial charge >= 0.3 is 0 Å². The lowest BCUT2D eigenvalue weighted by Crippen LogP contribution is -2.03. The fraction of sp³-hybridized carbons (Fsp3) is 0.135. The second kappa shape index (κ2) is 8.84. The summed E-state index contributed by atoms with van der Waals surface area (Å²) in [7, 11) is 0. The predicted molar refractivity (Wildman–Crippen MR) is 172 cm³/mol. The first-order chi connectivity index (χ1) is 19.5. The molecule has 0 bridgehead atoms. The Balaban J connectivity index is 1.32. The summed E-state index contributed by atoms with van der Waals surface area (Å²) < 4.78 is 1.39. The van der Waals surface area contributed by atoms with E-state index in [-0.39, 0.29) is 0 Å². The largest absolute Gasteiger partial charge is 0.252 e. The lowest BCUT2D eigenvalue weighted by Gasteiger charge is -2.16. The van der Waals surface area contributed by atoms with E-state index in [4.69, 9.17) is 9.97 Å². The number of allylic oxidation sites excluding steroid dienone is 2. The van der Waals surface area contributed by atoms with Gasteiger partial charge in [-0.25, -0.2) is 4.98 Å². The molecule has 1 atom stereocenters. The highest BCUT2D eigenvalue weighted by atomic mass is 32.1. The van der Waals surface area contributed by atoms with Crippen molar-refractivity contribution in [1.82, 2.24) is 9.97 Å². The van der Waals surface area contributed by atoms with E-state index < -0.39 is 0 Å². The first-order valence-electron chi connectivity index (χ1n) is 14.0. The maximum Gasteiger partial charge on any atom is 0.0979 e. The molecule has 0 saturated heterocycles. The summed E-state index contributed by atoms with van der Waals surface area (Å²) in [5.41, 5.74) is 10.7. The van der Waals surface area contributed by atoms with Gasteiger partial charge in [-0.05, 0) is 82.3 Å². The molecule has 7 aromatic rings. The van der Waals surface area contributed by atoms with Gasteiger partial charge in [0.15, 0.2) is 0 Å². The lowest BCUT2D eigenvalue weighted by atomic mass is 9.88. The van der Waals surface area contributed by atoms with Crippen LogP contribution in [0, 0.1) is 12.8 Å². The molecule has 40 heavy (non-hydrogen) atoms. The second-order valence-corrected chi connectivity index (χ2v) is 12.3. The minimum atomic E-state index is 0.581. The Morgan fingerprint density at radius 1 is 0.725 bits per heavy atom. The van der Waals surface area contributed by atoms with Gasteiger partial charge in [0, 0.05) is 25.9 Å². The van der Waals surface area contributed by atoms with Crippen molar-refractivity contribution in [3.05, 3.63) is 113 Å². The molecule has 0 fully saturated rings. The van der Waals surface area contributed by atoms with E-state index in [9.17, 15) is 0 Å². The molecule has 0 amide bonds. The van der Waals surface area contributed by atoms with Gasteiger partial charge in [0.1, 0.15) is 0 Å². The van der Waals surface area contributed by atoms with E-state index in [0.29, 0.717) is 5.92 Å². The standard InChI is InChI=1S/C37H28N2S/c1-21-15-23(3)36-31(17-21)32-18-22(2)16-30(37(32)40-36)24-9-8-10-25(19-24)33-20-38-34-28-13-6-4-11-26(28)27-12-5-7-14-29(27)35(34)39-33/h4-16,18-21H,17H2,1-3H3. The molecule has 1 aliphatic rings. The van der Waals surface area contributed by atoms with E-state index in [1.165, 1.54) is 53.6 Å². The SMILES string of the molecule is CC1=CC(C)Cc2c1sc1c(-c3cccc(-c4cnc5c6ccccc6c6ccccc6c5n4)c3)cc(C)cc21. The molecule has 0 saturated carbocycles. The Kier molecular flexibility index (Phi) is 5.20. The molecule has 192 valence electrons. The average Bonchev–Trinajstić information content (AvgIpc) is 3.35. The topological polar surface area (TPSA) is 25.8 Å². The first kappa shape index (κ1) is 23.5. The lowest BCUT2D eigenvalue weighted by molar-refractivity contribution is 0.720. The molecular weight excluding hydrogens is 504 g/mol. The molecule has 5 aromatic carbocycles. The van der Waals surface area contributed by atoms with Gasteiger partial charge in [0.05, 0.1) is 22.9 Å². The Bertz CT molecular complexity index is 2150. The predicted octanol–water partition coefficient (Wildman–Crippen LogP) is 10.4. The van der Waals surface area contributed by atoms with Crippen LogP contribution in [-0.4, -0.2) is 9.97 Å². The van der Waals surface area contributed by atoms with Crippen molar-refractivity contribution >= 4 is 59.6 Å². The smallest absolute Gasteiger partial charge is 0.0979 e. The van der Waals surface area contributed by atoms with Crippen LogP contribution in [0.3, 0.4) is 0 Å². The summed E-state index contributed by atoms with van der Waals surface area (Å²) in [5.74, 6) is 0.581. The number of nitrogens with zero attached hydrogens (tertiary/aromatic N) is 2. The van der Waals surface area contributed by atoms with Crippen LogP contribution in [0.4, 0.5) is 0 Å². The summed E-state index contributed by atoms with van der Waals surface area (Å²) in [4.78, 5) is 11.7. The van der Waals surface area contributed by atoms with Gasteiger partial charge in [-0.1, -0.05) is 85.8 Å². The van der Waals surface area contributed by atoms with E-state index in [1.807, 2.05) is 17.5 Å². The van der Waals surface area contributed by atoms with Crippen LogP contribution in [-0.2, 0) is 6.42 Å². The third-order valence-electron chi connectivity index (χ3n) is 8.35. The molecule has 0 aliphatic heterocycles. The summed E-state index contributed by atoms with van der Waals surface area (Å²) in [5, 5.41) is 6.14. The van der Waals surface area contributed by atoms with E-state index >= 15 is 0 Å². The summed E-state index contributed by atoms with van der Waals surface area (Å²) in [6.07, 6.45) is 5.48. The van der Waals surface area contributed by atoms with Crippen LogP contribution in [0.1, 0.15) is 29.9 Å². The Labute approximate surface area is 237 Å². The molecule has 8 rings (SSSR count). The number of benzene rings is 5. The number of aromatic nitrogens is 2. The molecular formula is C37H28N2S. The molecule has 1 aliphatic carbocycles. The highest BCUT2D eigenvalue weighted by Gasteiger charge is 2.22. The van der Waals surface area contributed by atoms with E-state index in [2.05, 4.69) is 112 Å². The summed E-state index contributed by atoms with van der Waals surface area (Å²) in [6.45, 7) is 6.81. The molecule has 3 heteroatoms. The van der Waals surface area contributed by atoms with Gasteiger partial charge in [-0.15, -0.1) is 11.3 Å². The van der Waals surface area contributed by atoms with Crippen molar-refractivity contribution in [2.75, 3.05) is 0 Å². The highest BCUT2D eigenvalue weighted by Crippen LogP contribution is 2.45. The molecule has 1 unspecified atom stereocenters. The first-order valence-corrected chi connectivity index (χ1v) is 14.8. The Morgan fingerprint density at radius 3 is 2.20 bits per heavy atom. The van der Waals surface area contributed by atoms with Crippen molar-refractivity contribution < 1.29 is 0 Å². The van der Waals surface area contributed by atoms with Crippen molar-refractivity contribution in [3.8, 4) is 22.4 Å². The molecule has 0 spiro atoms. The minimum absolute atomic E-state index is 0.581. The van der Waals surface area contributed by atoms with Crippen LogP contribution >= 0.6 is 11.3 Å². The number of rotatable bonds is 2. The number of hydrogen-bond donors (Lipinski definition) is 0. The highest BCUT2D eigenvalue weighted by molar-refractivity contribution is 7.20. The van der Waals surface area contributed by atoms with Gasteiger partial charge < -0.3 is 0 Å². The second-order valence-electron chi connectivity index (χ2n) is 11.3. The number of hydrogen-bond acceptors (Lipinski definition) is 3. The molecule has 2 heterocycles. The third-order valence-corrected chi connectivity index (χ3v) is 9.77. The normalized spacial score (nSPS) is 15.2. The zero-order chi connectivity index (χ0) is 27.0. The maximum absolute atomic E-state index is 5.24. The van der Waals surface area contributed by atoms with Crippen LogP contribution in [0.15, 0.2) is 97.2 Å². The van der Waals surface area contributed by atoms with Crippen LogP contribution in [0.5, 0.6) is 0 Å². The average molecular weight is 533 g/mol. The van der Waals surface area contributed by atoms with Gasteiger partial charge in [0.25, 0.3) is 0 Å². The minimum Gasteiger partial charge on any atom is -0.252 e. The van der Waals surface area contributed by atoms with Crippen LogP contribution < -0.4 is 0 Å². The summed E-state index contributed by atoms with van der Waals surface area (Å²) >= 11 is 1.95. The molecule has 2 nitrogen and oxygen atoms in total. The third kappa shape index (κ3) is 3.54. The van der Waals surface area contributed by atoms with Gasteiger partial charge in [0.2, 0.25) is 0 Å². The fourth-order valence-corrected chi connectivity index (χ4v) is 7.95. The summed E-state index contributed by atoms with van der Waals surface area (Å²) in [6, 6.07) is 30.6.